The predicted octanol–water partition coefficient (Wildman–Crippen LogP) is 4.12. The second-order valence-corrected chi connectivity index (χ2v) is 5.50. The zero-order valence-electron chi connectivity index (χ0n) is 12.7. The highest BCUT2D eigenvalue weighted by Crippen LogP contribution is 2.21. The smallest absolute Gasteiger partial charge is 0.132 e. The van der Waals surface area contributed by atoms with E-state index in [1.165, 1.54) is 5.56 Å². The number of furan rings is 1. The number of anilines is 2. The highest BCUT2D eigenvalue weighted by Gasteiger charge is 2.07. The maximum absolute atomic E-state index is 5.41. The van der Waals surface area contributed by atoms with E-state index < -0.39 is 0 Å². The fourth-order valence-corrected chi connectivity index (χ4v) is 2.60. The van der Waals surface area contributed by atoms with Crippen LogP contribution in [0.15, 0.2) is 65.7 Å². The van der Waals surface area contributed by atoms with Crippen LogP contribution in [0.5, 0.6) is 0 Å². The molecular weight excluding hydrogens is 288 g/mol. The van der Waals surface area contributed by atoms with Crippen molar-refractivity contribution in [2.45, 2.75) is 13.5 Å². The van der Waals surface area contributed by atoms with Crippen LogP contribution >= 0.6 is 0 Å². The minimum absolute atomic E-state index is 0.650. The van der Waals surface area contributed by atoms with Crippen LogP contribution in [-0.4, -0.2) is 14.5 Å². The summed E-state index contributed by atoms with van der Waals surface area (Å²) < 4.78 is 7.47. The molecule has 1 N–H and O–H groups in total. The number of aryl methyl sites for hydroxylation is 1. The summed E-state index contributed by atoms with van der Waals surface area (Å²) in [5.41, 5.74) is 4.12. The second kappa shape index (κ2) is 5.61. The molecule has 4 aromatic rings. The van der Waals surface area contributed by atoms with E-state index in [1.807, 2.05) is 36.7 Å². The van der Waals surface area contributed by atoms with Gasteiger partial charge in [0.15, 0.2) is 0 Å². The second-order valence-electron chi connectivity index (χ2n) is 5.50. The van der Waals surface area contributed by atoms with Gasteiger partial charge in [0.25, 0.3) is 0 Å². The molecule has 0 unspecified atom stereocenters. The van der Waals surface area contributed by atoms with Crippen molar-refractivity contribution in [3.63, 3.8) is 0 Å². The number of pyridine rings is 1. The highest BCUT2D eigenvalue weighted by atomic mass is 16.3. The van der Waals surface area contributed by atoms with Gasteiger partial charge in [0, 0.05) is 11.8 Å². The van der Waals surface area contributed by atoms with Gasteiger partial charge in [-0.1, -0.05) is 12.1 Å². The van der Waals surface area contributed by atoms with Gasteiger partial charge < -0.3 is 14.3 Å². The molecule has 4 rings (SSSR count). The molecular formula is C18H16N4O. The monoisotopic (exact) mass is 304 g/mol. The lowest BCUT2D eigenvalue weighted by Crippen LogP contribution is -1.98. The molecule has 0 amide bonds. The molecule has 0 aliphatic carbocycles. The number of aromatic nitrogens is 3. The van der Waals surface area contributed by atoms with Gasteiger partial charge in [0.2, 0.25) is 0 Å². The zero-order valence-corrected chi connectivity index (χ0v) is 12.7. The average molecular weight is 304 g/mol. The number of nitrogens with one attached hydrogen (secondary N) is 1. The van der Waals surface area contributed by atoms with Gasteiger partial charge in [-0.3, -0.25) is 0 Å². The van der Waals surface area contributed by atoms with E-state index in [-0.39, 0.29) is 0 Å². The standard InChI is InChI=1S/C18H16N4O/c1-13-4-2-5-14(8-13)21-18-9-17-16(10-19-18)20-12-22(17)11-15-6-3-7-23-15/h2-10,12H,11H2,1H3,(H,19,21). The largest absolute Gasteiger partial charge is 0.467 e. The van der Waals surface area contributed by atoms with E-state index in [2.05, 4.69) is 38.9 Å². The van der Waals surface area contributed by atoms with Crippen LogP contribution < -0.4 is 5.32 Å². The minimum atomic E-state index is 0.650. The van der Waals surface area contributed by atoms with Gasteiger partial charge in [-0.05, 0) is 36.8 Å². The first-order valence-electron chi connectivity index (χ1n) is 7.45. The third-order valence-corrected chi connectivity index (χ3v) is 3.70. The molecule has 3 heterocycles. The van der Waals surface area contributed by atoms with Crippen molar-refractivity contribution in [2.24, 2.45) is 0 Å². The SMILES string of the molecule is Cc1cccc(Nc2cc3c(cn2)ncn3Cc2ccco2)c1. The Morgan fingerprint density at radius 2 is 2.09 bits per heavy atom. The zero-order chi connectivity index (χ0) is 15.6. The normalized spacial score (nSPS) is 11.0. The van der Waals surface area contributed by atoms with Crippen molar-refractivity contribution in [1.29, 1.82) is 0 Å². The molecule has 114 valence electrons. The number of hydrogen-bond donors (Lipinski definition) is 1. The molecule has 5 nitrogen and oxygen atoms in total. The summed E-state index contributed by atoms with van der Waals surface area (Å²) in [4.78, 5) is 8.82. The number of imidazole rings is 1. The van der Waals surface area contributed by atoms with E-state index in [0.29, 0.717) is 6.54 Å². The van der Waals surface area contributed by atoms with Crippen molar-refractivity contribution in [1.82, 2.24) is 14.5 Å². The highest BCUT2D eigenvalue weighted by molar-refractivity contribution is 5.78. The van der Waals surface area contributed by atoms with Crippen LogP contribution in [0.3, 0.4) is 0 Å². The van der Waals surface area contributed by atoms with Gasteiger partial charge in [-0.2, -0.15) is 0 Å². The molecule has 23 heavy (non-hydrogen) atoms. The molecule has 0 aliphatic heterocycles. The van der Waals surface area contributed by atoms with Crippen LogP contribution in [0.1, 0.15) is 11.3 Å². The molecule has 0 radical (unpaired) electrons. The summed E-state index contributed by atoms with van der Waals surface area (Å²) in [6, 6.07) is 14.1. The van der Waals surface area contributed by atoms with Crippen LogP contribution in [0.4, 0.5) is 11.5 Å². The Balaban J connectivity index is 1.66. The summed E-state index contributed by atoms with van der Waals surface area (Å²) >= 11 is 0. The maximum Gasteiger partial charge on any atom is 0.132 e. The molecule has 0 fully saturated rings. The Hall–Kier alpha value is -3.08. The summed E-state index contributed by atoms with van der Waals surface area (Å²) in [5.74, 6) is 1.69. The first-order chi connectivity index (χ1) is 11.3. The van der Waals surface area contributed by atoms with E-state index >= 15 is 0 Å². The Morgan fingerprint density at radius 3 is 2.91 bits per heavy atom. The minimum Gasteiger partial charge on any atom is -0.467 e. The fraction of sp³-hybridized carbons (Fsp3) is 0.111. The molecule has 0 bridgehead atoms. The van der Waals surface area contributed by atoms with Crippen LogP contribution in [-0.2, 0) is 6.54 Å². The summed E-state index contributed by atoms with van der Waals surface area (Å²) in [6.45, 7) is 2.72. The molecule has 0 aliphatic rings. The number of hydrogen-bond acceptors (Lipinski definition) is 4. The van der Waals surface area contributed by atoms with Gasteiger partial charge in [0.1, 0.15) is 17.1 Å². The van der Waals surface area contributed by atoms with Gasteiger partial charge in [-0.25, -0.2) is 9.97 Å². The molecule has 0 saturated carbocycles. The van der Waals surface area contributed by atoms with E-state index in [4.69, 9.17) is 4.42 Å². The summed E-state index contributed by atoms with van der Waals surface area (Å²) in [5, 5.41) is 3.34. The Morgan fingerprint density at radius 1 is 1.13 bits per heavy atom. The molecule has 1 aromatic carbocycles. The molecule has 0 spiro atoms. The fourth-order valence-electron chi connectivity index (χ4n) is 2.60. The van der Waals surface area contributed by atoms with Crippen LogP contribution in [0.2, 0.25) is 0 Å². The number of nitrogens with zero attached hydrogens (tertiary/aromatic N) is 3. The molecule has 0 saturated heterocycles. The van der Waals surface area contributed by atoms with Crippen molar-refractivity contribution >= 4 is 22.5 Å². The van der Waals surface area contributed by atoms with Crippen molar-refractivity contribution < 1.29 is 4.42 Å². The van der Waals surface area contributed by atoms with E-state index in [0.717, 1.165) is 28.3 Å². The molecule has 3 aromatic heterocycles. The third-order valence-electron chi connectivity index (χ3n) is 3.70. The van der Waals surface area contributed by atoms with E-state index in [9.17, 15) is 0 Å². The number of rotatable bonds is 4. The topological polar surface area (TPSA) is 55.9 Å². The number of fused-ring (bicyclic) bond motifs is 1. The van der Waals surface area contributed by atoms with Crippen molar-refractivity contribution in [3.05, 3.63) is 72.6 Å². The first kappa shape index (κ1) is 13.6. The number of benzene rings is 1. The lowest BCUT2D eigenvalue weighted by molar-refractivity contribution is 0.496. The van der Waals surface area contributed by atoms with Gasteiger partial charge >= 0.3 is 0 Å². The maximum atomic E-state index is 5.41. The lowest BCUT2D eigenvalue weighted by Gasteiger charge is -2.07. The van der Waals surface area contributed by atoms with Crippen molar-refractivity contribution in [2.75, 3.05) is 5.32 Å². The Labute approximate surface area is 133 Å². The van der Waals surface area contributed by atoms with Crippen LogP contribution in [0.25, 0.3) is 11.0 Å². The summed E-state index contributed by atoms with van der Waals surface area (Å²) in [7, 11) is 0. The molecule has 0 atom stereocenters. The van der Waals surface area contributed by atoms with E-state index in [1.54, 1.807) is 12.5 Å². The van der Waals surface area contributed by atoms with Gasteiger partial charge in [0.05, 0.1) is 30.8 Å². The van der Waals surface area contributed by atoms with Crippen molar-refractivity contribution in [3.8, 4) is 0 Å². The lowest BCUT2D eigenvalue weighted by atomic mass is 10.2. The van der Waals surface area contributed by atoms with Crippen LogP contribution in [0, 0.1) is 6.92 Å². The Kier molecular flexibility index (Phi) is 3.31. The third kappa shape index (κ3) is 2.81. The van der Waals surface area contributed by atoms with Gasteiger partial charge in [-0.15, -0.1) is 0 Å². The Bertz CT molecular complexity index is 941. The molecule has 5 heteroatoms. The summed E-state index contributed by atoms with van der Waals surface area (Å²) in [6.07, 6.45) is 5.28. The first-order valence-corrected chi connectivity index (χ1v) is 7.45. The predicted molar refractivity (Wildman–Crippen MR) is 89.8 cm³/mol. The average Bonchev–Trinajstić information content (AvgIpc) is 3.18. The quantitative estimate of drug-likeness (QED) is 0.616.